The Morgan fingerprint density at radius 2 is 0.385 bits per heavy atom. The van der Waals surface area contributed by atoms with Crippen LogP contribution in [-0.4, -0.2) is 0 Å². The van der Waals surface area contributed by atoms with Crippen molar-refractivity contribution in [1.29, 1.82) is 0 Å². The van der Waals surface area contributed by atoms with E-state index in [9.17, 15) is 0 Å². The Morgan fingerprint density at radius 3 is 0.385 bits per heavy atom. The molecule has 0 aliphatic rings. The van der Waals surface area contributed by atoms with Crippen molar-refractivity contribution >= 4 is 0 Å². The van der Waals surface area contributed by atoms with Crippen LogP contribution < -0.4 is 94.1 Å². The fraction of sp³-hybridized carbons (Fsp3) is 0. The minimum absolute atomic E-state index is 0. The van der Waals surface area contributed by atoms with Gasteiger partial charge < -0.3 is 30.9 Å². The molecule has 0 bridgehead atoms. The molecule has 0 aliphatic heterocycles. The maximum Gasteiger partial charge on any atom is 3.00 e. The van der Waals surface area contributed by atoms with Gasteiger partial charge in [-0.1, -0.05) is 0 Å². The largest absolute Gasteiger partial charge is 3.00 e. The first kappa shape index (κ1) is 24.5. The molecule has 0 unspecified atom stereocenters. The normalized spacial score (nSPS) is 8.31. The summed E-state index contributed by atoms with van der Waals surface area (Å²) < 4.78 is 77.2. The van der Waals surface area contributed by atoms with E-state index in [4.69, 9.17) is 30.9 Å². The van der Waals surface area contributed by atoms with Crippen LogP contribution in [-0.2, 0) is 17.4 Å². The fourth-order valence-electron chi connectivity index (χ4n) is 0. The molecule has 81 valence electrons. The predicted molar refractivity (Wildman–Crippen MR) is 0 cm³/mol. The first-order chi connectivity index (χ1) is 5.20. The van der Waals surface area contributed by atoms with E-state index in [1.54, 1.807) is 0 Å². The van der Waals surface area contributed by atoms with E-state index in [-0.39, 0.29) is 17.4 Å². The number of rotatable bonds is 0. The van der Waals surface area contributed by atoms with Gasteiger partial charge in [-0.15, -0.1) is 0 Å². The fourth-order valence-corrected chi connectivity index (χ4v) is 0. The molecule has 0 N–H and O–H groups in total. The van der Waals surface area contributed by atoms with Gasteiger partial charge in [-0.05, 0) is 0 Å². The van der Waals surface area contributed by atoms with Crippen LogP contribution in [0.4, 0.5) is 0 Å². The molecular weight excluding hydrogens is 577 g/mol. The Labute approximate surface area is 110 Å². The Hall–Kier alpha value is 2.36. The number of hydrogen-bond donors (Lipinski definition) is 0. The molecule has 1 radical (unpaired) electrons. The molecule has 13 heteroatoms. The van der Waals surface area contributed by atoms with Gasteiger partial charge >= 0.3 is 17.4 Å². The molecule has 0 saturated heterocycles. The third-order valence-corrected chi connectivity index (χ3v) is 0. The summed E-state index contributed by atoms with van der Waals surface area (Å²) in [7, 11) is 0. The van der Waals surface area contributed by atoms with Crippen molar-refractivity contribution < 1.29 is 111 Å². The molecule has 0 saturated carbocycles. The molecule has 0 amide bonds. The first-order valence-corrected chi connectivity index (χ1v) is 9.32. The molecule has 9 nitrogen and oxygen atoms in total. The van der Waals surface area contributed by atoms with Gasteiger partial charge in [0.05, 0.1) is 0 Å². The van der Waals surface area contributed by atoms with Gasteiger partial charge in [0.15, 0.2) is 0 Å². The molecular formula is CrI3O9. The average Bonchev–Trinajstić information content (AvgIpc) is 1.54. The quantitative estimate of drug-likeness (QED) is 0.250. The molecule has 0 heterocycles. The third-order valence-electron chi connectivity index (χ3n) is 0. The molecule has 0 aromatic heterocycles. The van der Waals surface area contributed by atoms with E-state index in [2.05, 4.69) is 0 Å². The van der Waals surface area contributed by atoms with Crippen molar-refractivity contribution in [1.82, 2.24) is 0 Å². The first-order valence-electron chi connectivity index (χ1n) is 1.39. The van der Waals surface area contributed by atoms with Crippen LogP contribution in [0, 0.1) is 0 Å². The van der Waals surface area contributed by atoms with Gasteiger partial charge in [0.25, 0.3) is 63.2 Å². The minimum atomic E-state index is -4.01. The maximum atomic E-state index is 8.57. The van der Waals surface area contributed by atoms with Crippen molar-refractivity contribution in [2.24, 2.45) is 0 Å². The average molecular weight is 577 g/mol. The summed E-state index contributed by atoms with van der Waals surface area (Å²) in [6, 6.07) is 0. The molecule has 0 spiro atoms. The van der Waals surface area contributed by atoms with Crippen molar-refractivity contribution in [2.75, 3.05) is 0 Å². The smallest absolute Gasteiger partial charge is 0.427 e. The number of halogens is 3. The van der Waals surface area contributed by atoms with Crippen LogP contribution >= 0.6 is 0 Å². The Kier molecular flexibility index (Phi) is 37.5. The van der Waals surface area contributed by atoms with Crippen LogP contribution in [0.5, 0.6) is 0 Å². The Morgan fingerprint density at radius 1 is 0.385 bits per heavy atom. The van der Waals surface area contributed by atoms with Crippen molar-refractivity contribution in [3.8, 4) is 0 Å². The van der Waals surface area contributed by atoms with Crippen molar-refractivity contribution in [3.05, 3.63) is 0 Å². The van der Waals surface area contributed by atoms with E-state index >= 15 is 0 Å². The Bertz CT molecular complexity index is 43.4. The molecule has 13 heavy (non-hydrogen) atoms. The number of hydrogen-bond acceptors (Lipinski definition) is 9. The third kappa shape index (κ3) is 393. The molecule has 0 rings (SSSR count). The summed E-state index contributed by atoms with van der Waals surface area (Å²) in [5, 5.41) is 0. The van der Waals surface area contributed by atoms with Crippen LogP contribution in [0.2, 0.25) is 0 Å². The van der Waals surface area contributed by atoms with E-state index in [1.165, 1.54) is 0 Å². The topological polar surface area (TPSA) is 208 Å². The van der Waals surface area contributed by atoms with Crippen LogP contribution in [0.3, 0.4) is 0 Å². The summed E-state index contributed by atoms with van der Waals surface area (Å²) in [6.45, 7) is 0. The van der Waals surface area contributed by atoms with Gasteiger partial charge in [-0.25, -0.2) is 0 Å². The monoisotopic (exact) mass is 577 g/mol. The van der Waals surface area contributed by atoms with Gasteiger partial charge in [0.2, 0.25) is 0 Å². The van der Waals surface area contributed by atoms with Crippen LogP contribution in [0.15, 0.2) is 0 Å². The summed E-state index contributed by atoms with van der Waals surface area (Å²) >= 11 is -12.0. The van der Waals surface area contributed by atoms with E-state index in [0.29, 0.717) is 0 Å². The zero-order valence-corrected chi connectivity index (χ0v) is 13.0. The summed E-state index contributed by atoms with van der Waals surface area (Å²) in [5.74, 6) is 0. The molecule has 0 atom stereocenters. The van der Waals surface area contributed by atoms with E-state index in [1.807, 2.05) is 0 Å². The Balaban J connectivity index is -0.0000000450. The van der Waals surface area contributed by atoms with E-state index in [0.717, 1.165) is 0 Å². The van der Waals surface area contributed by atoms with Crippen LogP contribution in [0.25, 0.3) is 0 Å². The molecule has 0 fully saturated rings. The zero-order chi connectivity index (χ0) is 10.7. The maximum absolute atomic E-state index is 8.57. The summed E-state index contributed by atoms with van der Waals surface area (Å²) in [6.07, 6.45) is 0. The van der Waals surface area contributed by atoms with Crippen molar-refractivity contribution in [2.45, 2.75) is 0 Å². The van der Waals surface area contributed by atoms with Crippen molar-refractivity contribution in [3.63, 3.8) is 0 Å². The standard InChI is InChI=1S/Cr.3IO3/c;3*2-1(3)4/q+3;3*-1. The second kappa shape index (κ2) is 19.9. The SMILES string of the molecule is [Cr+3].[O-][I+2]([O-])[O-].[O-][I+2]([O-])[O-].[O-][I+2]([O-])[O-]. The second-order valence-electron chi connectivity index (χ2n) is 0.567. The minimum Gasteiger partial charge on any atom is -0.427 e. The molecule has 0 aromatic carbocycles. The molecule has 0 aromatic rings. The molecule has 0 aliphatic carbocycles. The van der Waals surface area contributed by atoms with Crippen LogP contribution in [0.1, 0.15) is 0 Å². The second-order valence-corrected chi connectivity index (χ2v) is 3.80. The van der Waals surface area contributed by atoms with Gasteiger partial charge in [0, 0.05) is 0 Å². The summed E-state index contributed by atoms with van der Waals surface area (Å²) in [5.41, 5.74) is 0. The van der Waals surface area contributed by atoms with Gasteiger partial charge in [-0.3, -0.25) is 0 Å². The summed E-state index contributed by atoms with van der Waals surface area (Å²) in [4.78, 5) is 0. The van der Waals surface area contributed by atoms with Gasteiger partial charge in [-0.2, -0.15) is 0 Å². The van der Waals surface area contributed by atoms with E-state index < -0.39 is 63.2 Å². The predicted octanol–water partition coefficient (Wildman–Crippen LogP) is -19.7. The zero-order valence-electron chi connectivity index (χ0n) is 5.22. The van der Waals surface area contributed by atoms with Gasteiger partial charge in [0.1, 0.15) is 0 Å².